The van der Waals surface area contributed by atoms with Crippen molar-refractivity contribution in [1.82, 2.24) is 4.98 Å². The Morgan fingerprint density at radius 1 is 1.38 bits per heavy atom. The number of benzene rings is 1. The van der Waals surface area contributed by atoms with Crippen molar-refractivity contribution in [3.05, 3.63) is 57.8 Å². The van der Waals surface area contributed by atoms with E-state index in [9.17, 15) is 24.0 Å². The highest BCUT2D eigenvalue weighted by Crippen LogP contribution is 2.18. The van der Waals surface area contributed by atoms with Crippen LogP contribution >= 0.6 is 0 Å². The first kappa shape index (κ1) is 17.5. The first-order valence-electron chi connectivity index (χ1n) is 6.97. The number of nitrogens with one attached hydrogen (secondary N) is 1. The van der Waals surface area contributed by atoms with Crippen molar-refractivity contribution in [3.8, 4) is 5.75 Å². The number of halogens is 2. The van der Waals surface area contributed by atoms with E-state index in [2.05, 4.69) is 10.3 Å². The Labute approximate surface area is 136 Å². The number of aliphatic hydroxyl groups excluding tert-OH is 1. The van der Waals surface area contributed by atoms with Crippen molar-refractivity contribution in [1.29, 1.82) is 0 Å². The zero-order chi connectivity index (χ0) is 17.7. The fourth-order valence-electron chi connectivity index (χ4n) is 1.88. The molecule has 0 saturated heterocycles. The van der Waals surface area contributed by atoms with Gasteiger partial charge >= 0.3 is 0 Å². The molecule has 2 rings (SSSR count). The molecule has 2 aromatic rings. The van der Waals surface area contributed by atoms with Crippen LogP contribution in [0.3, 0.4) is 0 Å². The Hall–Kier alpha value is -2.81. The molecule has 1 heterocycles. The molecule has 9 heteroatoms. The number of hydrogen-bond acceptors (Lipinski definition) is 6. The SMILES string of the molecule is Cc1cc([N+](=O)[O-])cnc1NCC(O)COc1ccc(F)c(F)c1. The van der Waals surface area contributed by atoms with E-state index in [1.54, 1.807) is 6.92 Å². The average molecular weight is 339 g/mol. The molecule has 1 aromatic carbocycles. The predicted molar refractivity (Wildman–Crippen MR) is 82.0 cm³/mol. The van der Waals surface area contributed by atoms with Gasteiger partial charge in [0.15, 0.2) is 11.6 Å². The molecule has 0 aliphatic carbocycles. The van der Waals surface area contributed by atoms with Gasteiger partial charge in [0.25, 0.3) is 5.69 Å². The number of rotatable bonds is 7. The zero-order valence-corrected chi connectivity index (χ0v) is 12.7. The molecule has 2 N–H and O–H groups in total. The van der Waals surface area contributed by atoms with Gasteiger partial charge in [0, 0.05) is 18.7 Å². The summed E-state index contributed by atoms with van der Waals surface area (Å²) in [6, 6.07) is 4.43. The highest BCUT2D eigenvalue weighted by Gasteiger charge is 2.12. The molecular weight excluding hydrogens is 324 g/mol. The second-order valence-corrected chi connectivity index (χ2v) is 5.04. The number of pyridine rings is 1. The molecular formula is C15H15F2N3O4. The van der Waals surface area contributed by atoms with Crippen molar-refractivity contribution in [3.63, 3.8) is 0 Å². The molecule has 1 unspecified atom stereocenters. The van der Waals surface area contributed by atoms with Crippen LogP contribution in [-0.2, 0) is 0 Å². The Balaban J connectivity index is 1.85. The van der Waals surface area contributed by atoms with Crippen molar-refractivity contribution in [2.75, 3.05) is 18.5 Å². The number of nitrogens with zero attached hydrogens (tertiary/aromatic N) is 2. The number of nitro groups is 1. The Kier molecular flexibility index (Phi) is 5.59. The summed E-state index contributed by atoms with van der Waals surface area (Å²) in [7, 11) is 0. The van der Waals surface area contributed by atoms with Gasteiger partial charge in [-0.25, -0.2) is 13.8 Å². The van der Waals surface area contributed by atoms with Gasteiger partial charge in [0.05, 0.1) is 4.92 Å². The molecule has 1 atom stereocenters. The van der Waals surface area contributed by atoms with Crippen LogP contribution in [0.5, 0.6) is 5.75 Å². The lowest BCUT2D eigenvalue weighted by atomic mass is 10.2. The molecule has 0 aliphatic rings. The number of aromatic nitrogens is 1. The third-order valence-corrected chi connectivity index (χ3v) is 3.11. The summed E-state index contributed by atoms with van der Waals surface area (Å²) in [6.45, 7) is 1.56. The average Bonchev–Trinajstić information content (AvgIpc) is 2.54. The molecule has 0 spiro atoms. The summed E-state index contributed by atoms with van der Waals surface area (Å²) in [6.07, 6.45) is 0.161. The first-order chi connectivity index (χ1) is 11.4. The largest absolute Gasteiger partial charge is 0.491 e. The van der Waals surface area contributed by atoms with Crippen molar-refractivity contribution < 1.29 is 23.5 Å². The Bertz CT molecular complexity index is 743. The fourth-order valence-corrected chi connectivity index (χ4v) is 1.88. The van der Waals surface area contributed by atoms with Crippen LogP contribution in [0.4, 0.5) is 20.3 Å². The highest BCUT2D eigenvalue weighted by molar-refractivity contribution is 5.48. The van der Waals surface area contributed by atoms with Gasteiger partial charge < -0.3 is 15.2 Å². The van der Waals surface area contributed by atoms with Gasteiger partial charge in [-0.1, -0.05) is 0 Å². The number of anilines is 1. The van der Waals surface area contributed by atoms with Gasteiger partial charge in [-0.05, 0) is 24.6 Å². The lowest BCUT2D eigenvalue weighted by molar-refractivity contribution is -0.385. The molecule has 0 radical (unpaired) electrons. The summed E-state index contributed by atoms with van der Waals surface area (Å²) in [5.74, 6) is -1.53. The molecule has 1 aromatic heterocycles. The van der Waals surface area contributed by atoms with E-state index < -0.39 is 22.7 Å². The quantitative estimate of drug-likeness (QED) is 0.594. The third kappa shape index (κ3) is 4.59. The lowest BCUT2D eigenvalue weighted by Gasteiger charge is -2.14. The van der Waals surface area contributed by atoms with Gasteiger partial charge in [-0.3, -0.25) is 10.1 Å². The highest BCUT2D eigenvalue weighted by atomic mass is 19.2. The van der Waals surface area contributed by atoms with Crippen LogP contribution in [0, 0.1) is 28.7 Å². The Morgan fingerprint density at radius 2 is 2.12 bits per heavy atom. The van der Waals surface area contributed by atoms with Crippen molar-refractivity contribution in [2.45, 2.75) is 13.0 Å². The zero-order valence-electron chi connectivity index (χ0n) is 12.7. The van der Waals surface area contributed by atoms with Gasteiger partial charge in [0.1, 0.15) is 30.5 Å². The topological polar surface area (TPSA) is 97.5 Å². The minimum Gasteiger partial charge on any atom is -0.491 e. The van der Waals surface area contributed by atoms with Crippen LogP contribution in [0.1, 0.15) is 5.56 Å². The van der Waals surface area contributed by atoms with E-state index in [0.29, 0.717) is 11.4 Å². The van der Waals surface area contributed by atoms with E-state index in [1.165, 1.54) is 12.1 Å². The predicted octanol–water partition coefficient (Wildman–Crippen LogP) is 2.43. The van der Waals surface area contributed by atoms with E-state index in [1.807, 2.05) is 0 Å². The van der Waals surface area contributed by atoms with E-state index >= 15 is 0 Å². The molecule has 7 nitrogen and oxygen atoms in total. The number of aliphatic hydroxyl groups is 1. The second kappa shape index (κ2) is 7.64. The molecule has 0 amide bonds. The number of ether oxygens (including phenoxy) is 1. The van der Waals surface area contributed by atoms with Crippen LogP contribution in [0.15, 0.2) is 30.5 Å². The molecule has 0 aliphatic heterocycles. The maximum Gasteiger partial charge on any atom is 0.287 e. The van der Waals surface area contributed by atoms with Gasteiger partial charge in [-0.15, -0.1) is 0 Å². The third-order valence-electron chi connectivity index (χ3n) is 3.11. The van der Waals surface area contributed by atoms with Crippen LogP contribution in [0.25, 0.3) is 0 Å². The van der Waals surface area contributed by atoms with Crippen LogP contribution in [0.2, 0.25) is 0 Å². The number of hydrogen-bond donors (Lipinski definition) is 2. The Morgan fingerprint density at radius 3 is 2.75 bits per heavy atom. The summed E-state index contributed by atoms with van der Waals surface area (Å²) >= 11 is 0. The molecule has 0 bridgehead atoms. The smallest absolute Gasteiger partial charge is 0.287 e. The summed E-state index contributed by atoms with van der Waals surface area (Å²) < 4.78 is 31.0. The van der Waals surface area contributed by atoms with E-state index in [4.69, 9.17) is 4.74 Å². The fraction of sp³-hybridized carbons (Fsp3) is 0.267. The van der Waals surface area contributed by atoms with Gasteiger partial charge in [0.2, 0.25) is 0 Å². The molecule has 128 valence electrons. The second-order valence-electron chi connectivity index (χ2n) is 5.04. The summed E-state index contributed by atoms with van der Waals surface area (Å²) in [4.78, 5) is 14.0. The van der Waals surface area contributed by atoms with Crippen LogP contribution < -0.4 is 10.1 Å². The van der Waals surface area contributed by atoms with E-state index in [0.717, 1.165) is 18.3 Å². The lowest BCUT2D eigenvalue weighted by Crippen LogP contribution is -2.26. The standard InChI is InChI=1S/C15H15F2N3O4/c1-9-4-10(20(22)23)6-18-15(9)19-7-11(21)8-24-12-2-3-13(16)14(17)5-12/h2-6,11,21H,7-8H2,1H3,(H,18,19). The molecule has 24 heavy (non-hydrogen) atoms. The minimum absolute atomic E-state index is 0.0648. The monoisotopic (exact) mass is 339 g/mol. The maximum absolute atomic E-state index is 13.0. The van der Waals surface area contributed by atoms with Crippen molar-refractivity contribution >= 4 is 11.5 Å². The normalized spacial score (nSPS) is 11.8. The molecule has 0 saturated carbocycles. The van der Waals surface area contributed by atoms with Gasteiger partial charge in [-0.2, -0.15) is 0 Å². The van der Waals surface area contributed by atoms with Crippen molar-refractivity contribution in [2.24, 2.45) is 0 Å². The van der Waals surface area contributed by atoms with Crippen LogP contribution in [-0.4, -0.2) is 34.3 Å². The number of aryl methyl sites for hydroxylation is 1. The summed E-state index contributed by atoms with van der Waals surface area (Å²) in [5, 5.41) is 23.3. The summed E-state index contributed by atoms with van der Waals surface area (Å²) in [5.41, 5.74) is 0.429. The molecule has 0 fully saturated rings. The van der Waals surface area contributed by atoms with E-state index in [-0.39, 0.29) is 24.6 Å². The first-order valence-corrected chi connectivity index (χ1v) is 6.97. The minimum atomic E-state index is -1.04. The maximum atomic E-state index is 13.0.